The number of nitrogens with zero attached hydrogens (tertiary/aromatic N) is 4. The number of carbonyl (C=O) groups is 2. The third kappa shape index (κ3) is 6.04. The molecule has 1 unspecified atom stereocenters. The van der Waals surface area contributed by atoms with E-state index >= 15 is 0 Å². The summed E-state index contributed by atoms with van der Waals surface area (Å²) in [6.45, 7) is 16.4. The number of amides is 2. The minimum atomic E-state index is -0.827. The van der Waals surface area contributed by atoms with Crippen LogP contribution in [0.3, 0.4) is 0 Å². The lowest BCUT2D eigenvalue weighted by molar-refractivity contribution is 0.0430. The zero-order valence-corrected chi connectivity index (χ0v) is 20.1. The van der Waals surface area contributed by atoms with Crippen LogP contribution in [-0.2, 0) is 9.47 Å². The van der Waals surface area contributed by atoms with Gasteiger partial charge < -0.3 is 9.47 Å². The molecule has 0 N–H and O–H groups in total. The number of aromatic nitrogens is 3. The van der Waals surface area contributed by atoms with Crippen LogP contribution in [0, 0.1) is 6.92 Å². The molecular formula is C21H32N4O4S. The van der Waals surface area contributed by atoms with E-state index < -0.39 is 23.4 Å². The summed E-state index contributed by atoms with van der Waals surface area (Å²) in [5.41, 5.74) is 0.0223. The standard InChI is InChI=1S/C21H32N4O4S/c1-10-13(2)24-12-15(11-22-24)16-14(3)23-17(30-16)25(18(26)28-20(4,5)6)19(27)29-21(7,8)9/h11-13H,10H2,1-9H3. The number of rotatable bonds is 4. The SMILES string of the molecule is CCC(C)n1cc(-c2sc(N(C(=O)OC(C)(C)C)C(=O)OC(C)(C)C)nc2C)cn1. The van der Waals surface area contributed by atoms with Gasteiger partial charge in [0.2, 0.25) is 5.13 Å². The average molecular weight is 437 g/mol. The van der Waals surface area contributed by atoms with Crippen LogP contribution in [0.25, 0.3) is 10.4 Å². The van der Waals surface area contributed by atoms with Crippen molar-refractivity contribution in [2.24, 2.45) is 0 Å². The number of carbonyl (C=O) groups excluding carboxylic acids is 2. The van der Waals surface area contributed by atoms with Gasteiger partial charge in [-0.2, -0.15) is 10.00 Å². The zero-order valence-electron chi connectivity index (χ0n) is 19.3. The minimum Gasteiger partial charge on any atom is -0.443 e. The molecule has 0 radical (unpaired) electrons. The molecular weight excluding hydrogens is 404 g/mol. The summed E-state index contributed by atoms with van der Waals surface area (Å²) < 4.78 is 12.8. The number of anilines is 1. The van der Waals surface area contributed by atoms with E-state index in [1.165, 1.54) is 11.3 Å². The van der Waals surface area contributed by atoms with E-state index in [4.69, 9.17) is 9.47 Å². The lowest BCUT2D eigenvalue weighted by Gasteiger charge is -2.27. The Bertz CT molecular complexity index is 877. The molecule has 166 valence electrons. The van der Waals surface area contributed by atoms with Crippen LogP contribution in [0.4, 0.5) is 14.7 Å². The van der Waals surface area contributed by atoms with Gasteiger partial charge in [0.15, 0.2) is 0 Å². The molecule has 1 atom stereocenters. The number of hydrogen-bond acceptors (Lipinski definition) is 7. The second kappa shape index (κ2) is 8.75. The fraction of sp³-hybridized carbons (Fsp3) is 0.619. The van der Waals surface area contributed by atoms with E-state index in [0.717, 1.165) is 21.8 Å². The Morgan fingerprint density at radius 2 is 1.67 bits per heavy atom. The van der Waals surface area contributed by atoms with E-state index in [1.54, 1.807) is 47.7 Å². The van der Waals surface area contributed by atoms with Crippen LogP contribution < -0.4 is 4.90 Å². The molecule has 0 aromatic carbocycles. The summed E-state index contributed by atoms with van der Waals surface area (Å²) in [6.07, 6.45) is 3.02. The molecule has 0 bridgehead atoms. The van der Waals surface area contributed by atoms with E-state index in [-0.39, 0.29) is 11.2 Å². The van der Waals surface area contributed by atoms with Crippen molar-refractivity contribution >= 4 is 28.7 Å². The van der Waals surface area contributed by atoms with Crippen LogP contribution >= 0.6 is 11.3 Å². The second-order valence-corrected chi connectivity index (χ2v) is 10.2. The molecule has 2 rings (SSSR count). The van der Waals surface area contributed by atoms with Gasteiger partial charge in [-0.15, -0.1) is 0 Å². The lowest BCUT2D eigenvalue weighted by Crippen LogP contribution is -2.43. The predicted octanol–water partition coefficient (Wildman–Crippen LogP) is 5.96. The van der Waals surface area contributed by atoms with Crippen LogP contribution in [0.15, 0.2) is 12.4 Å². The van der Waals surface area contributed by atoms with E-state index in [0.29, 0.717) is 5.69 Å². The normalized spacial score (nSPS) is 13.1. The molecule has 0 aliphatic heterocycles. The molecule has 8 nitrogen and oxygen atoms in total. The Balaban J connectivity index is 2.44. The smallest absolute Gasteiger partial charge is 0.426 e. The maximum atomic E-state index is 12.8. The van der Waals surface area contributed by atoms with Gasteiger partial charge in [0.05, 0.1) is 16.8 Å². The third-order valence-corrected chi connectivity index (χ3v) is 5.23. The molecule has 0 aliphatic rings. The maximum absolute atomic E-state index is 12.8. The predicted molar refractivity (Wildman–Crippen MR) is 118 cm³/mol. The van der Waals surface area contributed by atoms with Gasteiger partial charge in [0.25, 0.3) is 0 Å². The molecule has 0 saturated carbocycles. The molecule has 30 heavy (non-hydrogen) atoms. The third-order valence-electron chi connectivity index (χ3n) is 4.03. The van der Waals surface area contributed by atoms with Gasteiger partial charge in [0, 0.05) is 17.8 Å². The Morgan fingerprint density at radius 1 is 1.13 bits per heavy atom. The number of aryl methyl sites for hydroxylation is 1. The van der Waals surface area contributed by atoms with Gasteiger partial charge in [-0.05, 0) is 61.8 Å². The molecule has 2 aromatic heterocycles. The first kappa shape index (κ1) is 23.9. The quantitative estimate of drug-likeness (QED) is 0.587. The largest absolute Gasteiger partial charge is 0.443 e. The first-order valence-electron chi connectivity index (χ1n) is 10.00. The van der Waals surface area contributed by atoms with Gasteiger partial charge in [-0.25, -0.2) is 14.6 Å². The lowest BCUT2D eigenvalue weighted by atomic mass is 10.2. The van der Waals surface area contributed by atoms with Gasteiger partial charge >= 0.3 is 12.2 Å². The summed E-state index contributed by atoms with van der Waals surface area (Å²) in [5.74, 6) is 0. The summed E-state index contributed by atoms with van der Waals surface area (Å²) in [6, 6.07) is 0.270. The van der Waals surface area contributed by atoms with Crippen LogP contribution in [0.5, 0.6) is 0 Å². The van der Waals surface area contributed by atoms with E-state index in [9.17, 15) is 9.59 Å². The topological polar surface area (TPSA) is 86.5 Å². The Kier molecular flexibility index (Phi) is 6.96. The first-order valence-corrected chi connectivity index (χ1v) is 10.8. The molecule has 0 aliphatic carbocycles. The molecule has 0 spiro atoms. The molecule has 2 amide bonds. The summed E-state index contributed by atoms with van der Waals surface area (Å²) in [7, 11) is 0. The molecule has 2 heterocycles. The van der Waals surface area contributed by atoms with Gasteiger partial charge in [0.1, 0.15) is 11.2 Å². The number of thiazole rings is 1. The number of hydrogen-bond donors (Lipinski definition) is 0. The monoisotopic (exact) mass is 436 g/mol. The fourth-order valence-electron chi connectivity index (χ4n) is 2.47. The zero-order chi connectivity index (χ0) is 22.9. The van der Waals surface area contributed by atoms with E-state index in [2.05, 4.69) is 23.9 Å². The van der Waals surface area contributed by atoms with Gasteiger partial charge in [-0.1, -0.05) is 18.3 Å². The van der Waals surface area contributed by atoms with Crippen LogP contribution in [0.1, 0.15) is 73.5 Å². The average Bonchev–Trinajstić information content (AvgIpc) is 3.17. The number of ether oxygens (including phenoxy) is 2. The second-order valence-electron chi connectivity index (χ2n) is 9.17. The fourth-order valence-corrected chi connectivity index (χ4v) is 3.50. The van der Waals surface area contributed by atoms with Crippen molar-refractivity contribution in [3.05, 3.63) is 18.1 Å². The van der Waals surface area contributed by atoms with Crippen LogP contribution in [-0.4, -0.2) is 38.2 Å². The first-order chi connectivity index (χ1) is 13.7. The van der Waals surface area contributed by atoms with E-state index in [1.807, 2.05) is 17.8 Å². The van der Waals surface area contributed by atoms with Crippen molar-refractivity contribution in [3.63, 3.8) is 0 Å². The van der Waals surface area contributed by atoms with Crippen molar-refractivity contribution in [2.45, 2.75) is 86.0 Å². The molecule has 0 saturated heterocycles. The summed E-state index contributed by atoms with van der Waals surface area (Å²) >= 11 is 1.22. The Hall–Kier alpha value is -2.42. The van der Waals surface area contributed by atoms with Crippen molar-refractivity contribution in [1.29, 1.82) is 0 Å². The number of imide groups is 1. The van der Waals surface area contributed by atoms with Crippen molar-refractivity contribution in [3.8, 4) is 10.4 Å². The molecule has 0 fully saturated rings. The summed E-state index contributed by atoms with van der Waals surface area (Å²) in [4.78, 5) is 31.8. The minimum absolute atomic E-state index is 0.197. The van der Waals surface area contributed by atoms with Crippen molar-refractivity contribution < 1.29 is 19.1 Å². The Morgan fingerprint density at radius 3 is 2.13 bits per heavy atom. The highest BCUT2D eigenvalue weighted by Gasteiger charge is 2.35. The molecule has 2 aromatic rings. The van der Waals surface area contributed by atoms with Crippen molar-refractivity contribution in [1.82, 2.24) is 14.8 Å². The summed E-state index contributed by atoms with van der Waals surface area (Å²) in [5, 5.41) is 4.62. The highest BCUT2D eigenvalue weighted by Crippen LogP contribution is 2.36. The Labute approximate surface area is 182 Å². The molecule has 9 heteroatoms. The maximum Gasteiger partial charge on any atom is 0.426 e. The van der Waals surface area contributed by atoms with Gasteiger partial charge in [-0.3, -0.25) is 4.68 Å². The highest BCUT2D eigenvalue weighted by atomic mass is 32.1. The highest BCUT2D eigenvalue weighted by molar-refractivity contribution is 7.19. The van der Waals surface area contributed by atoms with Crippen LogP contribution in [0.2, 0.25) is 0 Å². The van der Waals surface area contributed by atoms with Crippen molar-refractivity contribution in [2.75, 3.05) is 4.90 Å².